The quantitative estimate of drug-likeness (QED) is 0.918. The first-order valence-electron chi connectivity index (χ1n) is 7.40. The van der Waals surface area contributed by atoms with Gasteiger partial charge in [-0.3, -0.25) is 9.48 Å². The van der Waals surface area contributed by atoms with Crippen molar-refractivity contribution in [3.05, 3.63) is 17.5 Å². The van der Waals surface area contributed by atoms with E-state index >= 15 is 0 Å². The van der Waals surface area contributed by atoms with Gasteiger partial charge in [0.25, 0.3) is 5.91 Å². The number of hydrogen-bond donors (Lipinski definition) is 1. The van der Waals surface area contributed by atoms with Crippen molar-refractivity contribution in [2.45, 2.75) is 58.6 Å². The summed E-state index contributed by atoms with van der Waals surface area (Å²) in [7, 11) is 0. The van der Waals surface area contributed by atoms with Crippen molar-refractivity contribution in [3.63, 3.8) is 0 Å². The van der Waals surface area contributed by atoms with E-state index < -0.39 is 0 Å². The molecule has 1 amide bonds. The van der Waals surface area contributed by atoms with Crippen molar-refractivity contribution in [2.24, 2.45) is 0 Å². The zero-order chi connectivity index (χ0) is 14.8. The minimum Gasteiger partial charge on any atom is -0.376 e. The summed E-state index contributed by atoms with van der Waals surface area (Å²) in [5, 5.41) is 7.35. The van der Waals surface area contributed by atoms with Crippen molar-refractivity contribution in [2.75, 3.05) is 13.2 Å². The van der Waals surface area contributed by atoms with Crippen LogP contribution in [0.25, 0.3) is 0 Å². The van der Waals surface area contributed by atoms with Crippen LogP contribution in [-0.4, -0.2) is 34.9 Å². The number of ether oxygens (including phenoxy) is 1. The number of nitrogens with zero attached hydrogens (tertiary/aromatic N) is 2. The van der Waals surface area contributed by atoms with Gasteiger partial charge in [-0.25, -0.2) is 0 Å². The number of nitrogens with one attached hydrogen (secondary N) is 1. The van der Waals surface area contributed by atoms with Gasteiger partial charge in [0.15, 0.2) is 0 Å². The van der Waals surface area contributed by atoms with Gasteiger partial charge in [0, 0.05) is 13.2 Å². The highest BCUT2D eigenvalue weighted by molar-refractivity contribution is 5.95. The predicted molar refractivity (Wildman–Crippen MR) is 77.9 cm³/mol. The maximum Gasteiger partial charge on any atom is 0.254 e. The summed E-state index contributed by atoms with van der Waals surface area (Å²) in [5.41, 5.74) is 1.56. The predicted octanol–water partition coefficient (Wildman–Crippen LogP) is 2.11. The van der Waals surface area contributed by atoms with Gasteiger partial charge in [-0.2, -0.15) is 5.10 Å². The van der Waals surface area contributed by atoms with E-state index in [2.05, 4.69) is 38.1 Å². The summed E-state index contributed by atoms with van der Waals surface area (Å²) in [6.07, 6.45) is 4.75. The zero-order valence-electron chi connectivity index (χ0n) is 12.9. The van der Waals surface area contributed by atoms with Crippen LogP contribution in [0.2, 0.25) is 0 Å². The molecule has 0 bridgehead atoms. The van der Waals surface area contributed by atoms with Crippen LogP contribution in [0.4, 0.5) is 0 Å². The van der Waals surface area contributed by atoms with Gasteiger partial charge in [-0.1, -0.05) is 6.92 Å². The van der Waals surface area contributed by atoms with Crippen molar-refractivity contribution >= 4 is 5.91 Å². The van der Waals surface area contributed by atoms with Crippen LogP contribution < -0.4 is 5.32 Å². The fourth-order valence-electron chi connectivity index (χ4n) is 2.59. The van der Waals surface area contributed by atoms with Crippen molar-refractivity contribution in [1.29, 1.82) is 0 Å². The maximum absolute atomic E-state index is 12.3. The van der Waals surface area contributed by atoms with Gasteiger partial charge in [-0.05, 0) is 40.0 Å². The molecule has 1 atom stereocenters. The van der Waals surface area contributed by atoms with Gasteiger partial charge in [-0.15, -0.1) is 0 Å². The molecule has 1 aromatic rings. The lowest BCUT2D eigenvalue weighted by molar-refractivity contribution is 0.0856. The van der Waals surface area contributed by atoms with E-state index in [9.17, 15) is 4.79 Å². The standard InChI is InChI=1S/C15H25N3O2/c1-5-13-12(10-17-18(13)15(2,3)4)14(19)16-9-11-7-6-8-20-11/h10-11H,5-9H2,1-4H3,(H,16,19). The van der Waals surface area contributed by atoms with E-state index in [0.29, 0.717) is 12.1 Å². The van der Waals surface area contributed by atoms with E-state index in [0.717, 1.165) is 31.6 Å². The molecule has 20 heavy (non-hydrogen) atoms. The summed E-state index contributed by atoms with van der Waals surface area (Å²) in [6.45, 7) is 9.72. The molecule has 5 nitrogen and oxygen atoms in total. The summed E-state index contributed by atoms with van der Waals surface area (Å²) in [5.74, 6) is -0.0483. The van der Waals surface area contributed by atoms with Crippen LogP contribution >= 0.6 is 0 Å². The third kappa shape index (κ3) is 3.20. The minimum atomic E-state index is -0.113. The van der Waals surface area contributed by atoms with Gasteiger partial charge in [0.2, 0.25) is 0 Å². The van der Waals surface area contributed by atoms with Gasteiger partial charge in [0.1, 0.15) is 0 Å². The topological polar surface area (TPSA) is 56.1 Å². The van der Waals surface area contributed by atoms with E-state index in [1.54, 1.807) is 6.20 Å². The lowest BCUT2D eigenvalue weighted by atomic mass is 10.1. The van der Waals surface area contributed by atoms with E-state index in [-0.39, 0.29) is 17.6 Å². The van der Waals surface area contributed by atoms with Crippen molar-refractivity contribution < 1.29 is 9.53 Å². The Morgan fingerprint density at radius 3 is 2.85 bits per heavy atom. The molecule has 1 fully saturated rings. The second kappa shape index (κ2) is 5.95. The second-order valence-corrected chi connectivity index (χ2v) is 6.29. The van der Waals surface area contributed by atoms with Crippen LogP contribution in [0.5, 0.6) is 0 Å². The Morgan fingerprint density at radius 2 is 2.30 bits per heavy atom. The molecule has 0 spiro atoms. The average Bonchev–Trinajstić information content (AvgIpc) is 3.03. The van der Waals surface area contributed by atoms with Gasteiger partial charge < -0.3 is 10.1 Å². The molecule has 5 heteroatoms. The molecule has 1 aliphatic rings. The smallest absolute Gasteiger partial charge is 0.254 e. The average molecular weight is 279 g/mol. The summed E-state index contributed by atoms with van der Waals surface area (Å²) >= 11 is 0. The minimum absolute atomic E-state index is 0.0483. The molecule has 112 valence electrons. The third-order valence-corrected chi connectivity index (χ3v) is 3.60. The number of rotatable bonds is 4. The molecule has 1 saturated heterocycles. The lowest BCUT2D eigenvalue weighted by Gasteiger charge is -2.22. The fraction of sp³-hybridized carbons (Fsp3) is 0.733. The van der Waals surface area contributed by atoms with Crippen LogP contribution in [0, 0.1) is 0 Å². The number of aromatic nitrogens is 2. The Hall–Kier alpha value is -1.36. The Labute approximate surface area is 120 Å². The Balaban J connectivity index is 2.07. The molecule has 0 aliphatic carbocycles. The zero-order valence-corrected chi connectivity index (χ0v) is 12.9. The lowest BCUT2D eigenvalue weighted by Crippen LogP contribution is -2.32. The summed E-state index contributed by atoms with van der Waals surface area (Å²) in [6, 6.07) is 0. The van der Waals surface area contributed by atoms with Crippen molar-refractivity contribution in [1.82, 2.24) is 15.1 Å². The summed E-state index contributed by atoms with van der Waals surface area (Å²) in [4.78, 5) is 12.3. The van der Waals surface area contributed by atoms with E-state index in [4.69, 9.17) is 4.74 Å². The first-order chi connectivity index (χ1) is 9.43. The highest BCUT2D eigenvalue weighted by Gasteiger charge is 2.24. The molecule has 2 rings (SSSR count). The number of carbonyl (C=O) groups excluding carboxylic acids is 1. The third-order valence-electron chi connectivity index (χ3n) is 3.60. The second-order valence-electron chi connectivity index (χ2n) is 6.29. The monoisotopic (exact) mass is 279 g/mol. The van der Waals surface area contributed by atoms with Crippen LogP contribution in [0.15, 0.2) is 6.20 Å². The molecule has 1 aromatic heterocycles. The van der Waals surface area contributed by atoms with Gasteiger partial charge in [0.05, 0.1) is 29.1 Å². The molecular formula is C15H25N3O2. The van der Waals surface area contributed by atoms with Gasteiger partial charge >= 0.3 is 0 Å². The Morgan fingerprint density at radius 1 is 1.55 bits per heavy atom. The molecule has 0 aromatic carbocycles. The Bertz CT molecular complexity index is 468. The maximum atomic E-state index is 12.3. The van der Waals surface area contributed by atoms with Crippen LogP contribution in [-0.2, 0) is 16.7 Å². The van der Waals surface area contributed by atoms with E-state index in [1.165, 1.54) is 0 Å². The number of carbonyl (C=O) groups is 1. The highest BCUT2D eigenvalue weighted by Crippen LogP contribution is 2.20. The first-order valence-corrected chi connectivity index (χ1v) is 7.40. The normalized spacial score (nSPS) is 19.3. The molecule has 0 saturated carbocycles. The molecule has 2 heterocycles. The Kier molecular flexibility index (Phi) is 4.48. The fourth-order valence-corrected chi connectivity index (χ4v) is 2.59. The number of amides is 1. The molecule has 0 radical (unpaired) electrons. The largest absolute Gasteiger partial charge is 0.376 e. The van der Waals surface area contributed by atoms with Crippen molar-refractivity contribution in [3.8, 4) is 0 Å². The SMILES string of the molecule is CCc1c(C(=O)NCC2CCCO2)cnn1C(C)(C)C. The highest BCUT2D eigenvalue weighted by atomic mass is 16.5. The van der Waals surface area contributed by atoms with Crippen LogP contribution in [0.3, 0.4) is 0 Å². The number of hydrogen-bond acceptors (Lipinski definition) is 3. The molecule has 1 unspecified atom stereocenters. The molecule has 1 aliphatic heterocycles. The molecular weight excluding hydrogens is 254 g/mol. The molecule has 1 N–H and O–H groups in total. The summed E-state index contributed by atoms with van der Waals surface area (Å²) < 4.78 is 7.46. The van der Waals surface area contributed by atoms with Crippen LogP contribution in [0.1, 0.15) is 56.6 Å². The first kappa shape index (κ1) is 15.0. The van der Waals surface area contributed by atoms with E-state index in [1.807, 2.05) is 4.68 Å².